The number of phosphoric ester groups is 1. The van der Waals surface area contributed by atoms with Crippen LogP contribution in [0.2, 0.25) is 0 Å². The summed E-state index contributed by atoms with van der Waals surface area (Å²) in [5, 5.41) is 0. The molecule has 0 heterocycles. The van der Waals surface area contributed by atoms with Gasteiger partial charge in [-0.2, -0.15) is 0 Å². The van der Waals surface area contributed by atoms with Gasteiger partial charge in [0, 0.05) is 19.6 Å². The van der Waals surface area contributed by atoms with E-state index in [4.69, 9.17) is 24.3 Å². The molecule has 354 valence electrons. The van der Waals surface area contributed by atoms with Crippen molar-refractivity contribution in [1.82, 2.24) is 0 Å². The van der Waals surface area contributed by atoms with Gasteiger partial charge < -0.3 is 20.1 Å². The van der Waals surface area contributed by atoms with Crippen molar-refractivity contribution in [3.8, 4) is 0 Å². The molecule has 0 aliphatic rings. The highest BCUT2D eigenvalue weighted by Gasteiger charge is 2.25. The van der Waals surface area contributed by atoms with Gasteiger partial charge in [0.1, 0.15) is 6.10 Å². The fourth-order valence-electron chi connectivity index (χ4n) is 6.12. The lowest BCUT2D eigenvalue weighted by atomic mass is 10.1. The molecule has 0 amide bonds. The summed E-state index contributed by atoms with van der Waals surface area (Å²) in [5.41, 5.74) is 5.38. The molecule has 9 heteroatoms. The number of ether oxygens (including phenoxy) is 2. The predicted molar refractivity (Wildman–Crippen MR) is 265 cm³/mol. The van der Waals surface area contributed by atoms with Crippen molar-refractivity contribution in [3.05, 3.63) is 109 Å². The first-order valence-electron chi connectivity index (χ1n) is 24.4. The molecule has 2 atom stereocenters. The molecule has 0 aromatic carbocycles. The first-order valence-corrected chi connectivity index (χ1v) is 25.9. The van der Waals surface area contributed by atoms with Crippen LogP contribution in [0, 0.1) is 0 Å². The van der Waals surface area contributed by atoms with E-state index in [0.717, 1.165) is 109 Å². The Morgan fingerprint density at radius 3 is 1.35 bits per heavy atom. The first kappa shape index (κ1) is 59.2. The predicted octanol–water partition coefficient (Wildman–Crippen LogP) is 15.2. The van der Waals surface area contributed by atoms with Crippen molar-refractivity contribution in [2.24, 2.45) is 5.73 Å². The van der Waals surface area contributed by atoms with E-state index >= 15 is 0 Å². The standard InChI is InChI=1S/C53H90NO7P/c1-3-5-7-9-11-13-15-17-19-21-22-23-24-25-26-27-28-29-31-33-35-37-39-41-43-45-48-58-50-52(51-60-62(56,57)59-49-47-54)61-53(55)46-44-42-40-38-36-34-32-30-20-18-16-14-12-10-8-6-4-2/h5,7,11-14,17-20,22-23,25-26,28-29,33,35,52H,3-4,6,8-10,15-16,21,24,27,30-32,34,36-51,54H2,1-2H3,(H,56,57)/b7-5-,13-11-,14-12-,19-17-,20-18-,23-22-,26-25-,29-28-,35-33-. The fraction of sp³-hybridized carbons (Fsp3) is 0.642. The van der Waals surface area contributed by atoms with E-state index in [0.29, 0.717) is 13.0 Å². The second-order valence-electron chi connectivity index (χ2n) is 15.6. The van der Waals surface area contributed by atoms with Crippen molar-refractivity contribution >= 4 is 13.8 Å². The van der Waals surface area contributed by atoms with Crippen LogP contribution in [0.4, 0.5) is 0 Å². The molecule has 0 aliphatic carbocycles. The van der Waals surface area contributed by atoms with Gasteiger partial charge in [0.15, 0.2) is 0 Å². The third-order valence-corrected chi connectivity index (χ3v) is 10.7. The number of esters is 1. The monoisotopic (exact) mass is 884 g/mol. The lowest BCUT2D eigenvalue weighted by Gasteiger charge is -2.20. The Hall–Kier alpha value is -2.84. The molecule has 0 rings (SSSR count). The lowest BCUT2D eigenvalue weighted by Crippen LogP contribution is -2.28. The number of rotatable bonds is 45. The van der Waals surface area contributed by atoms with Gasteiger partial charge in [-0.15, -0.1) is 0 Å². The van der Waals surface area contributed by atoms with Crippen LogP contribution in [-0.2, 0) is 27.9 Å². The molecule has 2 unspecified atom stereocenters. The molecule has 0 aliphatic heterocycles. The SMILES string of the molecule is CC/C=C\C/C=C\C/C=C\C/C=C\C/C=C\C/C=C\C/C=C\CCCCCCOCC(COP(=O)(O)OCCN)OC(=O)CCCCCCCCC/C=C\C/C=C\CCCCC. The Kier molecular flexibility index (Phi) is 46.9. The Morgan fingerprint density at radius 1 is 0.500 bits per heavy atom. The minimum Gasteiger partial charge on any atom is -0.457 e. The van der Waals surface area contributed by atoms with Gasteiger partial charge in [-0.3, -0.25) is 13.8 Å². The topological polar surface area (TPSA) is 117 Å². The van der Waals surface area contributed by atoms with Crippen LogP contribution < -0.4 is 5.73 Å². The van der Waals surface area contributed by atoms with Gasteiger partial charge in [-0.05, 0) is 103 Å². The molecule has 0 spiro atoms. The van der Waals surface area contributed by atoms with Gasteiger partial charge in [-0.1, -0.05) is 181 Å². The van der Waals surface area contributed by atoms with Crippen LogP contribution in [0.15, 0.2) is 109 Å². The molecule has 0 saturated carbocycles. The van der Waals surface area contributed by atoms with Crippen LogP contribution in [0.3, 0.4) is 0 Å². The van der Waals surface area contributed by atoms with Crippen molar-refractivity contribution in [3.63, 3.8) is 0 Å². The second-order valence-corrected chi connectivity index (χ2v) is 17.0. The van der Waals surface area contributed by atoms with Crippen LogP contribution >= 0.6 is 7.82 Å². The normalized spacial score (nSPS) is 14.3. The van der Waals surface area contributed by atoms with Crippen molar-refractivity contribution in [1.29, 1.82) is 0 Å². The van der Waals surface area contributed by atoms with Crippen molar-refractivity contribution in [2.75, 3.05) is 33.0 Å². The Bertz CT molecular complexity index is 1310. The maximum absolute atomic E-state index is 12.6. The summed E-state index contributed by atoms with van der Waals surface area (Å²) in [6.45, 7) is 4.68. The second kappa shape index (κ2) is 49.2. The summed E-state index contributed by atoms with van der Waals surface area (Å²) >= 11 is 0. The molecule has 0 fully saturated rings. The number of carbonyl (C=O) groups excluding carboxylic acids is 1. The van der Waals surface area contributed by atoms with Gasteiger partial charge in [0.05, 0.1) is 19.8 Å². The van der Waals surface area contributed by atoms with E-state index in [-0.39, 0.29) is 32.3 Å². The third kappa shape index (κ3) is 48.2. The van der Waals surface area contributed by atoms with Crippen LogP contribution in [0.5, 0.6) is 0 Å². The summed E-state index contributed by atoms with van der Waals surface area (Å²) in [7, 11) is -4.30. The summed E-state index contributed by atoms with van der Waals surface area (Å²) in [4.78, 5) is 22.6. The fourth-order valence-corrected chi connectivity index (χ4v) is 6.89. The molecule has 0 aromatic rings. The zero-order valence-electron chi connectivity index (χ0n) is 39.3. The van der Waals surface area contributed by atoms with Crippen molar-refractivity contribution < 1.29 is 32.8 Å². The zero-order valence-corrected chi connectivity index (χ0v) is 40.2. The third-order valence-electron chi connectivity index (χ3n) is 9.67. The van der Waals surface area contributed by atoms with Crippen LogP contribution in [-0.4, -0.2) is 49.9 Å². The van der Waals surface area contributed by atoms with Crippen molar-refractivity contribution in [2.45, 2.75) is 187 Å². The molecule has 62 heavy (non-hydrogen) atoms. The number of allylic oxidation sites excluding steroid dienone is 18. The molecular formula is C53H90NO7P. The molecule has 0 aromatic heterocycles. The Labute approximate surface area is 380 Å². The molecule has 0 bridgehead atoms. The smallest absolute Gasteiger partial charge is 0.457 e. The largest absolute Gasteiger partial charge is 0.472 e. The van der Waals surface area contributed by atoms with E-state index in [9.17, 15) is 14.3 Å². The number of unbranched alkanes of at least 4 members (excludes halogenated alkanes) is 14. The summed E-state index contributed by atoms with van der Waals surface area (Å²) < 4.78 is 33.5. The van der Waals surface area contributed by atoms with Gasteiger partial charge >= 0.3 is 13.8 Å². The highest BCUT2D eigenvalue weighted by Crippen LogP contribution is 2.43. The maximum atomic E-state index is 12.6. The number of hydrogen-bond acceptors (Lipinski definition) is 7. The molecule has 0 radical (unpaired) electrons. The zero-order chi connectivity index (χ0) is 45.1. The van der Waals surface area contributed by atoms with E-state index in [1.165, 1.54) is 51.4 Å². The summed E-state index contributed by atoms with van der Waals surface area (Å²) in [5.74, 6) is -0.352. The summed E-state index contributed by atoms with van der Waals surface area (Å²) in [6, 6.07) is 0. The average Bonchev–Trinajstić information content (AvgIpc) is 3.26. The number of hydrogen-bond donors (Lipinski definition) is 2. The van der Waals surface area contributed by atoms with E-state index < -0.39 is 13.9 Å². The average molecular weight is 884 g/mol. The maximum Gasteiger partial charge on any atom is 0.472 e. The molecule has 0 saturated heterocycles. The molecular weight excluding hydrogens is 794 g/mol. The van der Waals surface area contributed by atoms with Gasteiger partial charge in [0.25, 0.3) is 0 Å². The number of nitrogens with two attached hydrogens (primary N) is 1. The quantitative estimate of drug-likeness (QED) is 0.0269. The highest BCUT2D eigenvalue weighted by atomic mass is 31.2. The lowest BCUT2D eigenvalue weighted by molar-refractivity contribution is -0.154. The van der Waals surface area contributed by atoms with E-state index in [1.54, 1.807) is 0 Å². The highest BCUT2D eigenvalue weighted by molar-refractivity contribution is 7.47. The van der Waals surface area contributed by atoms with Crippen LogP contribution in [0.1, 0.15) is 181 Å². The minimum atomic E-state index is -4.30. The number of carbonyl (C=O) groups is 1. The minimum absolute atomic E-state index is 0.0880. The first-order chi connectivity index (χ1) is 30.4. The summed E-state index contributed by atoms with van der Waals surface area (Å²) in [6.07, 6.45) is 66.8. The molecule has 3 N–H and O–H groups in total. The van der Waals surface area contributed by atoms with Crippen LogP contribution in [0.25, 0.3) is 0 Å². The Balaban J connectivity index is 4.08. The van der Waals surface area contributed by atoms with Gasteiger partial charge in [0.2, 0.25) is 0 Å². The number of phosphoric acid groups is 1. The Morgan fingerprint density at radius 2 is 0.903 bits per heavy atom. The van der Waals surface area contributed by atoms with E-state index in [2.05, 4.69) is 123 Å². The van der Waals surface area contributed by atoms with E-state index in [1.807, 2.05) is 0 Å². The molecule has 8 nitrogen and oxygen atoms in total. The van der Waals surface area contributed by atoms with Gasteiger partial charge in [-0.25, -0.2) is 4.57 Å².